The monoisotopic (exact) mass is 209 g/mol. The molecule has 0 amide bonds. The summed E-state index contributed by atoms with van der Waals surface area (Å²) in [6.07, 6.45) is 4.44. The quantitative estimate of drug-likeness (QED) is 0.807. The molecule has 82 valence electrons. The average Bonchev–Trinajstić information content (AvgIpc) is 2.84. The number of aromatic nitrogens is 2. The first-order valence-electron chi connectivity index (χ1n) is 5.56. The first-order valence-corrected chi connectivity index (χ1v) is 5.56. The zero-order valence-electron chi connectivity index (χ0n) is 8.56. The third-order valence-corrected chi connectivity index (χ3v) is 3.05. The molecular weight excluding hydrogens is 194 g/mol. The van der Waals surface area contributed by atoms with E-state index in [2.05, 4.69) is 10.1 Å². The van der Waals surface area contributed by atoms with Crippen LogP contribution in [-0.2, 0) is 4.74 Å². The first-order chi connectivity index (χ1) is 7.36. The van der Waals surface area contributed by atoms with E-state index < -0.39 is 0 Å². The molecule has 2 fully saturated rings. The summed E-state index contributed by atoms with van der Waals surface area (Å²) in [6, 6.07) is 0. The van der Waals surface area contributed by atoms with Gasteiger partial charge in [-0.25, -0.2) is 0 Å². The van der Waals surface area contributed by atoms with Crippen molar-refractivity contribution in [3.8, 4) is 0 Å². The molecule has 1 aromatic rings. The van der Waals surface area contributed by atoms with Gasteiger partial charge in [-0.1, -0.05) is 5.16 Å². The zero-order valence-corrected chi connectivity index (χ0v) is 8.56. The van der Waals surface area contributed by atoms with Gasteiger partial charge in [-0.2, -0.15) is 4.98 Å². The Balaban J connectivity index is 1.70. The van der Waals surface area contributed by atoms with Gasteiger partial charge in [0.1, 0.15) is 6.10 Å². The van der Waals surface area contributed by atoms with Crippen molar-refractivity contribution >= 4 is 0 Å². The van der Waals surface area contributed by atoms with E-state index in [0.717, 1.165) is 18.7 Å². The zero-order chi connectivity index (χ0) is 10.3. The number of hydrogen-bond acceptors (Lipinski definition) is 5. The van der Waals surface area contributed by atoms with Crippen LogP contribution in [-0.4, -0.2) is 22.8 Å². The Labute approximate surface area is 88.0 Å². The minimum absolute atomic E-state index is 0.0291. The van der Waals surface area contributed by atoms with Gasteiger partial charge in [-0.15, -0.1) is 0 Å². The number of rotatable bonds is 3. The maximum Gasteiger partial charge on any atom is 0.255 e. The fourth-order valence-electron chi connectivity index (χ4n) is 1.95. The molecule has 0 bridgehead atoms. The van der Waals surface area contributed by atoms with Gasteiger partial charge in [-0.3, -0.25) is 0 Å². The van der Waals surface area contributed by atoms with Gasteiger partial charge >= 0.3 is 0 Å². The van der Waals surface area contributed by atoms with E-state index in [-0.39, 0.29) is 12.2 Å². The van der Waals surface area contributed by atoms with Gasteiger partial charge in [0.25, 0.3) is 5.89 Å². The van der Waals surface area contributed by atoms with Crippen LogP contribution in [0.3, 0.4) is 0 Å². The van der Waals surface area contributed by atoms with E-state index in [0.29, 0.717) is 18.4 Å². The van der Waals surface area contributed by atoms with E-state index >= 15 is 0 Å². The standard InChI is InChI=1S/C10H15N3O2/c11-5-7-3-4-8(14-7)10-12-9(13-15-10)6-1-2-6/h6-8H,1-5,11H2/t7-,8+/m1/s1. The van der Waals surface area contributed by atoms with Crippen molar-refractivity contribution in [3.05, 3.63) is 11.7 Å². The minimum atomic E-state index is -0.0291. The summed E-state index contributed by atoms with van der Waals surface area (Å²) in [7, 11) is 0. The molecule has 5 nitrogen and oxygen atoms in total. The second-order valence-corrected chi connectivity index (χ2v) is 4.32. The van der Waals surface area contributed by atoms with Gasteiger partial charge < -0.3 is 15.0 Å². The van der Waals surface area contributed by atoms with Gasteiger partial charge in [0, 0.05) is 12.5 Å². The van der Waals surface area contributed by atoms with E-state index in [4.69, 9.17) is 15.0 Å². The Morgan fingerprint density at radius 2 is 2.13 bits per heavy atom. The molecule has 5 heteroatoms. The third-order valence-electron chi connectivity index (χ3n) is 3.05. The van der Waals surface area contributed by atoms with Crippen molar-refractivity contribution in [3.63, 3.8) is 0 Å². The summed E-state index contributed by atoms with van der Waals surface area (Å²) in [6.45, 7) is 0.570. The molecule has 1 aromatic heterocycles. The van der Waals surface area contributed by atoms with Crippen LogP contribution in [0, 0.1) is 0 Å². The van der Waals surface area contributed by atoms with Gasteiger partial charge in [-0.05, 0) is 25.7 Å². The smallest absolute Gasteiger partial charge is 0.255 e. The molecule has 1 saturated heterocycles. The predicted octanol–water partition coefficient (Wildman–Crippen LogP) is 1.13. The SMILES string of the molecule is NC[C@H]1CC[C@@H](c2nc(C3CC3)no2)O1. The molecule has 0 spiro atoms. The molecular formula is C10H15N3O2. The second-order valence-electron chi connectivity index (χ2n) is 4.32. The van der Waals surface area contributed by atoms with Gasteiger partial charge in [0.2, 0.25) is 0 Å². The third kappa shape index (κ3) is 1.77. The maximum absolute atomic E-state index is 5.69. The largest absolute Gasteiger partial charge is 0.364 e. The van der Waals surface area contributed by atoms with Gasteiger partial charge in [0.15, 0.2) is 5.82 Å². The van der Waals surface area contributed by atoms with Crippen molar-refractivity contribution in [1.82, 2.24) is 10.1 Å². The Hall–Kier alpha value is -0.940. The summed E-state index contributed by atoms with van der Waals surface area (Å²) >= 11 is 0. The second kappa shape index (κ2) is 3.57. The van der Waals surface area contributed by atoms with Crippen LogP contribution < -0.4 is 5.73 Å². The van der Waals surface area contributed by atoms with E-state index in [1.54, 1.807) is 0 Å². The molecule has 0 unspecified atom stereocenters. The lowest BCUT2D eigenvalue weighted by atomic mass is 10.2. The summed E-state index contributed by atoms with van der Waals surface area (Å²) in [5, 5.41) is 3.98. The van der Waals surface area contributed by atoms with Crippen LogP contribution in [0.2, 0.25) is 0 Å². The van der Waals surface area contributed by atoms with Gasteiger partial charge in [0.05, 0.1) is 6.10 Å². The predicted molar refractivity (Wildman–Crippen MR) is 52.2 cm³/mol. The molecule has 2 N–H and O–H groups in total. The fraction of sp³-hybridized carbons (Fsp3) is 0.800. The number of ether oxygens (including phenoxy) is 1. The lowest BCUT2D eigenvalue weighted by molar-refractivity contribution is 0.0307. The summed E-state index contributed by atoms with van der Waals surface area (Å²) in [5.74, 6) is 2.02. The molecule has 1 aliphatic carbocycles. The normalized spacial score (nSPS) is 31.0. The highest BCUT2D eigenvalue weighted by Gasteiger charge is 2.33. The summed E-state index contributed by atoms with van der Waals surface area (Å²) in [4.78, 5) is 4.38. The molecule has 2 atom stereocenters. The van der Waals surface area contributed by atoms with Crippen LogP contribution >= 0.6 is 0 Å². The topological polar surface area (TPSA) is 74.2 Å². The highest BCUT2D eigenvalue weighted by molar-refractivity contribution is 5.04. The number of hydrogen-bond donors (Lipinski definition) is 1. The summed E-state index contributed by atoms with van der Waals surface area (Å²) < 4.78 is 10.9. The van der Waals surface area contributed by atoms with Crippen molar-refractivity contribution in [2.75, 3.05) is 6.54 Å². The van der Waals surface area contributed by atoms with E-state index in [1.165, 1.54) is 12.8 Å². The van der Waals surface area contributed by atoms with Crippen molar-refractivity contribution < 1.29 is 9.26 Å². The molecule has 1 aliphatic heterocycles. The molecule has 15 heavy (non-hydrogen) atoms. The molecule has 1 saturated carbocycles. The van der Waals surface area contributed by atoms with Crippen molar-refractivity contribution in [1.29, 1.82) is 0 Å². The lowest BCUT2D eigenvalue weighted by Gasteiger charge is -2.07. The Morgan fingerprint density at radius 1 is 1.27 bits per heavy atom. The lowest BCUT2D eigenvalue weighted by Crippen LogP contribution is -2.18. The van der Waals surface area contributed by atoms with Crippen LogP contribution in [0.4, 0.5) is 0 Å². The van der Waals surface area contributed by atoms with Crippen LogP contribution in [0.5, 0.6) is 0 Å². The highest BCUT2D eigenvalue weighted by atomic mass is 16.5. The Morgan fingerprint density at radius 3 is 2.80 bits per heavy atom. The number of nitrogens with two attached hydrogens (primary N) is 1. The molecule has 0 aromatic carbocycles. The van der Waals surface area contributed by atoms with E-state index in [9.17, 15) is 0 Å². The average molecular weight is 209 g/mol. The molecule has 2 aliphatic rings. The molecule has 2 heterocycles. The molecule has 0 radical (unpaired) electrons. The maximum atomic E-state index is 5.69. The van der Waals surface area contributed by atoms with Crippen molar-refractivity contribution in [2.24, 2.45) is 5.73 Å². The Bertz CT molecular complexity index is 348. The van der Waals surface area contributed by atoms with Crippen LogP contribution in [0.25, 0.3) is 0 Å². The van der Waals surface area contributed by atoms with Crippen LogP contribution in [0.1, 0.15) is 49.4 Å². The highest BCUT2D eigenvalue weighted by Crippen LogP contribution is 2.39. The first kappa shape index (κ1) is 9.30. The van der Waals surface area contributed by atoms with Crippen LogP contribution in [0.15, 0.2) is 4.52 Å². The van der Waals surface area contributed by atoms with E-state index in [1.807, 2.05) is 0 Å². The van der Waals surface area contributed by atoms with Crippen molar-refractivity contribution in [2.45, 2.75) is 43.8 Å². The minimum Gasteiger partial charge on any atom is -0.364 e. The number of nitrogens with zero attached hydrogens (tertiary/aromatic N) is 2. The Kier molecular flexibility index (Phi) is 2.21. The summed E-state index contributed by atoms with van der Waals surface area (Å²) in [5.41, 5.74) is 5.55. The fourth-order valence-corrected chi connectivity index (χ4v) is 1.95. The molecule has 3 rings (SSSR count).